The molecule has 0 bridgehead atoms. The number of nitrogens with zero attached hydrogens (tertiary/aromatic N) is 5. The number of fused-ring (bicyclic) bond motifs is 2. The lowest BCUT2D eigenvalue weighted by atomic mass is 10.1. The molecule has 4 aromatic heterocycles. The van der Waals surface area contributed by atoms with Crippen LogP contribution in [0.2, 0.25) is 0 Å². The lowest BCUT2D eigenvalue weighted by molar-refractivity contribution is 0.0169. The molecule has 0 aliphatic carbocycles. The zero-order chi connectivity index (χ0) is 20.0. The first kappa shape index (κ1) is 17.9. The van der Waals surface area contributed by atoms with E-state index in [1.54, 1.807) is 35.5 Å². The third-order valence-electron chi connectivity index (χ3n) is 5.06. The zero-order valence-corrected chi connectivity index (χ0v) is 16.6. The summed E-state index contributed by atoms with van der Waals surface area (Å²) < 4.78 is 9.13. The monoisotopic (exact) mass is 409 g/mol. The first-order valence-electron chi connectivity index (χ1n) is 9.51. The second-order valence-electron chi connectivity index (χ2n) is 7.01. The van der Waals surface area contributed by atoms with Gasteiger partial charge in [-0.1, -0.05) is 24.3 Å². The molecule has 4 aromatic rings. The number of aromatic nitrogens is 4. The number of carbonyl (C=O) groups is 1. The molecular formula is C20H19N5O3S. The van der Waals surface area contributed by atoms with E-state index in [1.165, 1.54) is 15.7 Å². The van der Waals surface area contributed by atoms with Crippen LogP contribution in [0.1, 0.15) is 23.8 Å². The minimum atomic E-state index is -0.164. The summed E-state index contributed by atoms with van der Waals surface area (Å²) in [6, 6.07) is 7.10. The van der Waals surface area contributed by atoms with E-state index in [0.29, 0.717) is 47.2 Å². The minimum absolute atomic E-state index is 0.0551. The number of hydrogen-bond donors (Lipinski definition) is 0. The third-order valence-corrected chi connectivity index (χ3v) is 5.72. The van der Waals surface area contributed by atoms with Gasteiger partial charge in [-0.05, 0) is 24.6 Å². The summed E-state index contributed by atoms with van der Waals surface area (Å²) in [4.78, 5) is 36.6. The van der Waals surface area contributed by atoms with Crippen molar-refractivity contribution < 1.29 is 9.53 Å². The van der Waals surface area contributed by atoms with Crippen LogP contribution in [0.25, 0.3) is 16.7 Å². The molecule has 1 aliphatic heterocycles. The van der Waals surface area contributed by atoms with Crippen molar-refractivity contribution >= 4 is 33.9 Å². The summed E-state index contributed by atoms with van der Waals surface area (Å²) >= 11 is 1.43. The summed E-state index contributed by atoms with van der Waals surface area (Å²) in [6.45, 7) is 3.66. The predicted octanol–water partition coefficient (Wildman–Crippen LogP) is 2.42. The molecule has 1 amide bonds. The van der Waals surface area contributed by atoms with Gasteiger partial charge in [0.05, 0.1) is 18.5 Å². The van der Waals surface area contributed by atoms with Crippen LogP contribution in [0, 0.1) is 0 Å². The summed E-state index contributed by atoms with van der Waals surface area (Å²) in [5.74, 6) is -0.108. The van der Waals surface area contributed by atoms with Gasteiger partial charge in [0, 0.05) is 24.3 Å². The van der Waals surface area contributed by atoms with E-state index in [4.69, 9.17) is 4.74 Å². The van der Waals surface area contributed by atoms with Gasteiger partial charge >= 0.3 is 0 Å². The average Bonchev–Trinajstić information content (AvgIpc) is 3.33. The Labute approximate surface area is 170 Å². The van der Waals surface area contributed by atoms with Crippen LogP contribution in [0.5, 0.6) is 5.19 Å². The van der Waals surface area contributed by atoms with Crippen LogP contribution in [0.15, 0.2) is 46.8 Å². The molecule has 0 saturated carbocycles. The van der Waals surface area contributed by atoms with Crippen LogP contribution in [0.4, 0.5) is 0 Å². The van der Waals surface area contributed by atoms with Gasteiger partial charge in [0.2, 0.25) is 0 Å². The van der Waals surface area contributed by atoms with E-state index >= 15 is 0 Å². The number of aryl methyl sites for hydroxylation is 1. The molecule has 0 atom stereocenters. The average molecular weight is 409 g/mol. The molecule has 29 heavy (non-hydrogen) atoms. The van der Waals surface area contributed by atoms with Crippen molar-refractivity contribution in [1.29, 1.82) is 0 Å². The first-order chi connectivity index (χ1) is 14.2. The number of likely N-dealkylation sites (tertiary alicyclic amines) is 1. The highest BCUT2D eigenvalue weighted by molar-refractivity contribution is 7.11. The van der Waals surface area contributed by atoms with Crippen molar-refractivity contribution in [2.45, 2.75) is 26.0 Å². The van der Waals surface area contributed by atoms with E-state index in [2.05, 4.69) is 9.97 Å². The normalized spacial score (nSPS) is 14.4. The fraction of sp³-hybridized carbons (Fsp3) is 0.300. The molecule has 0 N–H and O–H groups in total. The zero-order valence-electron chi connectivity index (χ0n) is 15.8. The molecule has 9 heteroatoms. The maximum atomic E-state index is 13.1. The highest BCUT2D eigenvalue weighted by Gasteiger charge is 2.35. The van der Waals surface area contributed by atoms with Gasteiger partial charge in [-0.3, -0.25) is 14.0 Å². The number of pyridine rings is 1. The first-order valence-corrected chi connectivity index (χ1v) is 10.4. The van der Waals surface area contributed by atoms with Crippen molar-refractivity contribution in [3.05, 3.63) is 58.1 Å². The third kappa shape index (κ3) is 2.98. The summed E-state index contributed by atoms with van der Waals surface area (Å²) in [7, 11) is 0. The van der Waals surface area contributed by atoms with Crippen LogP contribution in [0.3, 0.4) is 0 Å². The van der Waals surface area contributed by atoms with Gasteiger partial charge in [-0.15, -0.1) is 0 Å². The highest BCUT2D eigenvalue weighted by atomic mass is 32.1. The number of thiazole rings is 1. The summed E-state index contributed by atoms with van der Waals surface area (Å²) in [5.41, 5.74) is 1.46. The molecule has 1 aliphatic rings. The molecule has 0 spiro atoms. The predicted molar refractivity (Wildman–Crippen MR) is 110 cm³/mol. The second kappa shape index (κ2) is 7.00. The van der Waals surface area contributed by atoms with Gasteiger partial charge in [0.25, 0.3) is 16.7 Å². The summed E-state index contributed by atoms with van der Waals surface area (Å²) in [5, 5.41) is 2.93. The molecule has 5 rings (SSSR count). The fourth-order valence-corrected chi connectivity index (χ4v) is 4.18. The van der Waals surface area contributed by atoms with Crippen molar-refractivity contribution in [2.75, 3.05) is 13.1 Å². The number of ether oxygens (including phenoxy) is 1. The van der Waals surface area contributed by atoms with Crippen LogP contribution in [-0.2, 0) is 6.54 Å². The van der Waals surface area contributed by atoms with E-state index < -0.39 is 0 Å². The van der Waals surface area contributed by atoms with Gasteiger partial charge in [-0.25, -0.2) is 9.97 Å². The lowest BCUT2D eigenvalue weighted by Gasteiger charge is -2.38. The molecule has 1 fully saturated rings. The Hall–Kier alpha value is -3.20. The molecule has 148 valence electrons. The van der Waals surface area contributed by atoms with Gasteiger partial charge in [0.15, 0.2) is 0 Å². The minimum Gasteiger partial charge on any atom is -0.463 e. The van der Waals surface area contributed by atoms with Crippen LogP contribution in [-0.4, -0.2) is 48.9 Å². The molecule has 1 saturated heterocycles. The number of amides is 1. The topological polar surface area (TPSA) is 81.7 Å². The molecule has 0 unspecified atom stereocenters. The van der Waals surface area contributed by atoms with Crippen LogP contribution >= 0.6 is 11.3 Å². The Bertz CT molecular complexity index is 1250. The molecule has 0 radical (unpaired) electrons. The Morgan fingerprint density at radius 2 is 2.21 bits per heavy atom. The lowest BCUT2D eigenvalue weighted by Crippen LogP contribution is -2.56. The highest BCUT2D eigenvalue weighted by Crippen LogP contribution is 2.24. The van der Waals surface area contributed by atoms with Crippen molar-refractivity contribution in [1.82, 2.24) is 23.8 Å². The van der Waals surface area contributed by atoms with E-state index in [-0.39, 0.29) is 17.6 Å². The van der Waals surface area contributed by atoms with Gasteiger partial charge < -0.3 is 14.2 Å². The largest absolute Gasteiger partial charge is 0.463 e. The quantitative estimate of drug-likeness (QED) is 0.506. The van der Waals surface area contributed by atoms with E-state index in [0.717, 1.165) is 6.42 Å². The Kier molecular flexibility index (Phi) is 4.31. The van der Waals surface area contributed by atoms with E-state index in [1.807, 2.05) is 22.9 Å². The van der Waals surface area contributed by atoms with Gasteiger partial charge in [-0.2, -0.15) is 0 Å². The van der Waals surface area contributed by atoms with E-state index in [9.17, 15) is 9.59 Å². The standard InChI is InChI=1S/C20H19N5O3S/c1-2-7-24-15(19(27)23-11-13(12-23)28-20-21-6-9-29-20)10-14-17(24)22-16-5-3-4-8-25(16)18(14)26/h3-6,8-10,13H,2,7,11-12H2,1H3. The molecule has 8 nitrogen and oxygen atoms in total. The van der Waals surface area contributed by atoms with Crippen molar-refractivity contribution in [3.63, 3.8) is 0 Å². The number of carbonyl (C=O) groups excluding carboxylic acids is 1. The Morgan fingerprint density at radius 1 is 1.34 bits per heavy atom. The Balaban J connectivity index is 1.48. The Morgan fingerprint density at radius 3 is 2.97 bits per heavy atom. The number of hydrogen-bond acceptors (Lipinski definition) is 6. The molecule has 0 aromatic carbocycles. The van der Waals surface area contributed by atoms with Crippen molar-refractivity contribution in [2.24, 2.45) is 0 Å². The maximum absolute atomic E-state index is 13.1. The second-order valence-corrected chi connectivity index (χ2v) is 7.87. The van der Waals surface area contributed by atoms with Crippen molar-refractivity contribution in [3.8, 4) is 5.19 Å². The maximum Gasteiger partial charge on any atom is 0.273 e. The molecule has 5 heterocycles. The summed E-state index contributed by atoms with van der Waals surface area (Å²) in [6.07, 6.45) is 4.16. The van der Waals surface area contributed by atoms with Gasteiger partial charge in [0.1, 0.15) is 23.1 Å². The molecular weight excluding hydrogens is 390 g/mol. The smallest absolute Gasteiger partial charge is 0.273 e. The fourth-order valence-electron chi connectivity index (χ4n) is 3.63. The van der Waals surface area contributed by atoms with Crippen LogP contribution < -0.4 is 10.3 Å². The number of rotatable bonds is 5. The SMILES string of the molecule is CCCn1c(C(=O)N2CC(Oc3nccs3)C2)cc2c(=O)n3ccccc3nc21.